The maximum absolute atomic E-state index is 12.5. The Labute approximate surface area is 82.0 Å². The Hall–Kier alpha value is -0.690. The van der Waals surface area contributed by atoms with Gasteiger partial charge >= 0.3 is 10.2 Å². The molecule has 0 saturated carbocycles. The zero-order valence-electron chi connectivity index (χ0n) is 7.77. The van der Waals surface area contributed by atoms with Crippen molar-refractivity contribution in [1.82, 2.24) is 4.90 Å². The van der Waals surface area contributed by atoms with Crippen LogP contribution in [0.3, 0.4) is 0 Å². The van der Waals surface area contributed by atoms with Crippen LogP contribution in [0.5, 0.6) is 0 Å². The number of rotatable bonds is 3. The quantitative estimate of drug-likeness (QED) is 0.609. The van der Waals surface area contributed by atoms with E-state index in [1.165, 1.54) is 12.0 Å². The average molecular weight is 225 g/mol. The summed E-state index contributed by atoms with van der Waals surface area (Å²) in [5.41, 5.74) is 0. The number of likely N-dealkylation sites (tertiary alicyclic amines) is 1. The second-order valence-electron chi connectivity index (χ2n) is 3.16. The molecule has 0 N–H and O–H groups in total. The van der Waals surface area contributed by atoms with Gasteiger partial charge in [-0.2, -0.15) is 8.42 Å². The van der Waals surface area contributed by atoms with Gasteiger partial charge in [-0.3, -0.25) is 4.79 Å². The molecule has 1 saturated heterocycles. The van der Waals surface area contributed by atoms with Gasteiger partial charge in [-0.1, -0.05) is 0 Å². The Morgan fingerprint density at radius 3 is 2.71 bits per heavy atom. The molecule has 0 bridgehead atoms. The maximum atomic E-state index is 12.5. The normalized spacial score (nSPS) is 22.7. The smallest absolute Gasteiger partial charge is 0.307 e. The van der Waals surface area contributed by atoms with E-state index in [4.69, 9.17) is 0 Å². The lowest BCUT2D eigenvalue weighted by Crippen LogP contribution is -2.33. The van der Waals surface area contributed by atoms with Gasteiger partial charge < -0.3 is 9.64 Å². The van der Waals surface area contributed by atoms with Crippen LogP contribution in [-0.2, 0) is 19.8 Å². The number of halogens is 1. The number of amides is 1. The largest absolute Gasteiger partial charge is 0.375 e. The third-order valence-electron chi connectivity index (χ3n) is 2.16. The molecule has 82 valence electrons. The number of ether oxygens (including phenoxy) is 1. The summed E-state index contributed by atoms with van der Waals surface area (Å²) in [5, 5.41) is -1.07. The molecule has 0 radical (unpaired) electrons. The summed E-state index contributed by atoms with van der Waals surface area (Å²) in [6.45, 7) is 0.107. The van der Waals surface area contributed by atoms with Crippen molar-refractivity contribution >= 4 is 16.1 Å². The first kappa shape index (κ1) is 11.4. The van der Waals surface area contributed by atoms with Crippen LogP contribution in [0.15, 0.2) is 0 Å². The molecule has 1 aliphatic rings. The van der Waals surface area contributed by atoms with E-state index in [0.29, 0.717) is 0 Å². The first-order valence-corrected chi connectivity index (χ1v) is 5.60. The maximum Gasteiger partial charge on any atom is 0.307 e. The number of nitrogens with zero attached hydrogens (tertiary/aromatic N) is 1. The van der Waals surface area contributed by atoms with E-state index in [-0.39, 0.29) is 32.0 Å². The van der Waals surface area contributed by atoms with E-state index in [1.807, 2.05) is 0 Å². The predicted octanol–water partition coefficient (Wildman–Crippen LogP) is -0.467. The van der Waals surface area contributed by atoms with Crippen molar-refractivity contribution in [2.45, 2.75) is 11.7 Å². The summed E-state index contributed by atoms with van der Waals surface area (Å²) in [6.07, 6.45) is 0.161. The standard InChI is InChI=1S/C7H12FNO4S/c1-13-5-7(10)9-3-2-6(4-9)14(8,11)12/h6H,2-5H2,1H3. The molecule has 1 heterocycles. The summed E-state index contributed by atoms with van der Waals surface area (Å²) in [5.74, 6) is -0.307. The lowest BCUT2D eigenvalue weighted by molar-refractivity contribution is -0.133. The third kappa shape index (κ3) is 2.65. The van der Waals surface area contributed by atoms with Gasteiger partial charge in [0.1, 0.15) is 11.9 Å². The van der Waals surface area contributed by atoms with Gasteiger partial charge in [0.25, 0.3) is 0 Å². The van der Waals surface area contributed by atoms with E-state index in [2.05, 4.69) is 4.74 Å². The highest BCUT2D eigenvalue weighted by Gasteiger charge is 2.34. The molecule has 1 rings (SSSR count). The minimum absolute atomic E-state index is 0.0684. The Morgan fingerprint density at radius 1 is 1.64 bits per heavy atom. The van der Waals surface area contributed by atoms with Crippen LogP contribution in [0.25, 0.3) is 0 Å². The molecule has 0 spiro atoms. The predicted molar refractivity (Wildman–Crippen MR) is 46.9 cm³/mol. The van der Waals surface area contributed by atoms with Gasteiger partial charge in [-0.15, -0.1) is 3.89 Å². The minimum Gasteiger partial charge on any atom is -0.375 e. The Balaban J connectivity index is 2.54. The first-order chi connectivity index (χ1) is 6.45. The van der Waals surface area contributed by atoms with Crippen LogP contribution in [0.4, 0.5) is 3.89 Å². The average Bonchev–Trinajstić information content (AvgIpc) is 2.51. The fraction of sp³-hybridized carbons (Fsp3) is 0.857. The molecule has 0 aromatic rings. The third-order valence-corrected chi connectivity index (χ3v) is 3.34. The molecular weight excluding hydrogens is 213 g/mol. The number of carbonyl (C=O) groups is 1. The second kappa shape index (κ2) is 4.22. The van der Waals surface area contributed by atoms with Crippen LogP contribution in [-0.4, -0.2) is 51.3 Å². The molecule has 7 heteroatoms. The monoisotopic (exact) mass is 225 g/mol. The van der Waals surface area contributed by atoms with Gasteiger partial charge in [0.2, 0.25) is 5.91 Å². The van der Waals surface area contributed by atoms with E-state index >= 15 is 0 Å². The van der Waals surface area contributed by atoms with Crippen LogP contribution in [0.1, 0.15) is 6.42 Å². The lowest BCUT2D eigenvalue weighted by atomic mass is 10.4. The molecule has 5 nitrogen and oxygen atoms in total. The SMILES string of the molecule is COCC(=O)N1CCC(S(=O)(=O)F)C1. The van der Waals surface area contributed by atoms with Crippen LogP contribution in [0.2, 0.25) is 0 Å². The van der Waals surface area contributed by atoms with E-state index in [1.54, 1.807) is 0 Å². The summed E-state index contributed by atoms with van der Waals surface area (Å²) in [7, 11) is -3.15. The molecule has 1 unspecified atom stereocenters. The van der Waals surface area contributed by atoms with Crippen LogP contribution >= 0.6 is 0 Å². The summed E-state index contributed by atoms with van der Waals surface area (Å²) < 4.78 is 38.2. The van der Waals surface area contributed by atoms with Gasteiger partial charge in [-0.25, -0.2) is 0 Å². The number of hydrogen-bond acceptors (Lipinski definition) is 4. The molecule has 0 aliphatic carbocycles. The van der Waals surface area contributed by atoms with Gasteiger partial charge in [-0.05, 0) is 6.42 Å². The highest BCUT2D eigenvalue weighted by molar-refractivity contribution is 7.87. The molecule has 1 amide bonds. The highest BCUT2D eigenvalue weighted by Crippen LogP contribution is 2.18. The number of methoxy groups -OCH3 is 1. The Morgan fingerprint density at radius 2 is 2.29 bits per heavy atom. The van der Waals surface area contributed by atoms with Crippen molar-refractivity contribution in [3.63, 3.8) is 0 Å². The van der Waals surface area contributed by atoms with Crippen molar-refractivity contribution in [3.8, 4) is 0 Å². The van der Waals surface area contributed by atoms with Crippen LogP contribution < -0.4 is 0 Å². The molecule has 14 heavy (non-hydrogen) atoms. The zero-order chi connectivity index (χ0) is 10.8. The topological polar surface area (TPSA) is 63.7 Å². The molecule has 0 aromatic carbocycles. The molecule has 0 aromatic heterocycles. The summed E-state index contributed by atoms with van der Waals surface area (Å²) >= 11 is 0. The summed E-state index contributed by atoms with van der Waals surface area (Å²) in [4.78, 5) is 12.5. The second-order valence-corrected chi connectivity index (χ2v) is 4.78. The van der Waals surface area contributed by atoms with Gasteiger partial charge in [0, 0.05) is 20.2 Å². The van der Waals surface area contributed by atoms with Crippen LogP contribution in [0, 0.1) is 0 Å². The van der Waals surface area contributed by atoms with E-state index in [9.17, 15) is 17.1 Å². The molecular formula is C7H12FNO4S. The van der Waals surface area contributed by atoms with E-state index < -0.39 is 15.5 Å². The highest BCUT2D eigenvalue weighted by atomic mass is 32.3. The van der Waals surface area contributed by atoms with Crippen molar-refractivity contribution in [2.24, 2.45) is 0 Å². The number of hydrogen-bond donors (Lipinski definition) is 0. The van der Waals surface area contributed by atoms with Crippen molar-refractivity contribution in [2.75, 3.05) is 26.8 Å². The van der Waals surface area contributed by atoms with Crippen molar-refractivity contribution in [1.29, 1.82) is 0 Å². The molecule has 1 aliphatic heterocycles. The van der Waals surface area contributed by atoms with Gasteiger partial charge in [0.15, 0.2) is 0 Å². The summed E-state index contributed by atoms with van der Waals surface area (Å²) in [6, 6.07) is 0. The molecule has 1 atom stereocenters. The fourth-order valence-electron chi connectivity index (χ4n) is 1.40. The first-order valence-electron chi connectivity index (χ1n) is 4.15. The Bertz CT molecular complexity index is 316. The van der Waals surface area contributed by atoms with E-state index in [0.717, 1.165) is 0 Å². The lowest BCUT2D eigenvalue weighted by Gasteiger charge is -2.14. The van der Waals surface area contributed by atoms with Crippen molar-refractivity contribution < 1.29 is 21.8 Å². The molecule has 1 fully saturated rings. The van der Waals surface area contributed by atoms with Crippen molar-refractivity contribution in [3.05, 3.63) is 0 Å². The minimum atomic E-state index is -4.52. The van der Waals surface area contributed by atoms with Gasteiger partial charge in [0.05, 0.1) is 0 Å². The number of carbonyl (C=O) groups excluding carboxylic acids is 1. The Kier molecular flexibility index (Phi) is 3.43. The zero-order valence-corrected chi connectivity index (χ0v) is 8.59. The fourth-order valence-corrected chi connectivity index (χ4v) is 2.14.